The Bertz CT molecular complexity index is 610. The van der Waals surface area contributed by atoms with Crippen molar-refractivity contribution in [1.29, 1.82) is 0 Å². The van der Waals surface area contributed by atoms with Crippen LogP contribution in [0.15, 0.2) is 24.3 Å². The fraction of sp³-hybridized carbons (Fsp3) is 0.550. The molecule has 0 bridgehead atoms. The predicted molar refractivity (Wildman–Crippen MR) is 95.4 cm³/mol. The number of hydrogen-bond acceptors (Lipinski definition) is 2. The van der Waals surface area contributed by atoms with Gasteiger partial charge in [0.25, 0.3) is 0 Å². The molecule has 1 unspecified atom stereocenters. The first kappa shape index (κ1) is 16.3. The summed E-state index contributed by atoms with van der Waals surface area (Å²) in [7, 11) is 0. The van der Waals surface area contributed by atoms with Crippen molar-refractivity contribution in [1.82, 2.24) is 5.32 Å². The maximum atomic E-state index is 11.8. The minimum absolute atomic E-state index is 0.315. The lowest BCUT2D eigenvalue weighted by molar-refractivity contribution is 0.1000. The predicted octanol–water partition coefficient (Wildman–Crippen LogP) is 3.99. The molecule has 2 aliphatic rings. The molecule has 1 aliphatic heterocycles. The van der Waals surface area contributed by atoms with Gasteiger partial charge in [-0.3, -0.25) is 4.79 Å². The van der Waals surface area contributed by atoms with Crippen molar-refractivity contribution in [3.63, 3.8) is 0 Å². The van der Waals surface area contributed by atoms with Gasteiger partial charge in [-0.25, -0.2) is 0 Å². The fourth-order valence-corrected chi connectivity index (χ4v) is 4.22. The molecule has 1 aromatic rings. The van der Waals surface area contributed by atoms with Crippen LogP contribution in [0.2, 0.25) is 0 Å². The lowest BCUT2D eigenvalue weighted by Gasteiger charge is -2.33. The fourth-order valence-electron chi connectivity index (χ4n) is 4.22. The molecular weight excluding hydrogens is 284 g/mol. The first-order valence-electron chi connectivity index (χ1n) is 8.94. The molecule has 1 fully saturated rings. The Morgan fingerprint density at radius 2 is 1.91 bits per heavy atom. The molecule has 23 heavy (non-hydrogen) atoms. The normalized spacial score (nSPS) is 28.3. The van der Waals surface area contributed by atoms with Gasteiger partial charge in [-0.05, 0) is 81.1 Å². The van der Waals surface area contributed by atoms with Crippen LogP contribution in [0.25, 0.3) is 5.57 Å². The van der Waals surface area contributed by atoms with E-state index in [2.05, 4.69) is 37.4 Å². The smallest absolute Gasteiger partial charge is 0.249 e. The number of carbonyl (C=O) groups is 1. The van der Waals surface area contributed by atoms with Gasteiger partial charge in [0.1, 0.15) is 0 Å². The van der Waals surface area contributed by atoms with Gasteiger partial charge in [-0.2, -0.15) is 0 Å². The first-order chi connectivity index (χ1) is 11.0. The van der Waals surface area contributed by atoms with Crippen molar-refractivity contribution in [2.24, 2.45) is 5.73 Å². The number of benzene rings is 1. The molecule has 1 aromatic carbocycles. The van der Waals surface area contributed by atoms with E-state index in [0.29, 0.717) is 23.6 Å². The third-order valence-electron chi connectivity index (χ3n) is 5.26. The zero-order chi connectivity index (χ0) is 16.4. The zero-order valence-electron chi connectivity index (χ0n) is 14.3. The van der Waals surface area contributed by atoms with Crippen LogP contribution in [0.3, 0.4) is 0 Å². The number of nitrogens with two attached hydrogens (primary N) is 1. The number of primary amides is 1. The minimum atomic E-state index is -0.315. The SMILES string of the molecule is C[C@@H]1CC(c2ccc(C(N)=O)c(C3=CCCCC3)c2)C[C@H](C)N1. The van der Waals surface area contributed by atoms with Crippen LogP contribution in [0, 0.1) is 0 Å². The number of hydrogen-bond donors (Lipinski definition) is 2. The van der Waals surface area contributed by atoms with E-state index in [4.69, 9.17) is 5.73 Å². The van der Waals surface area contributed by atoms with Gasteiger partial charge >= 0.3 is 0 Å². The van der Waals surface area contributed by atoms with Crippen LogP contribution in [-0.2, 0) is 0 Å². The van der Waals surface area contributed by atoms with Crippen LogP contribution in [-0.4, -0.2) is 18.0 Å². The van der Waals surface area contributed by atoms with Crippen LogP contribution >= 0.6 is 0 Å². The Kier molecular flexibility index (Phi) is 4.86. The molecule has 3 nitrogen and oxygen atoms in total. The standard InChI is InChI=1S/C20H28N2O/c1-13-10-17(11-14(2)22-13)16-8-9-18(20(21)23)19(12-16)15-6-4-3-5-7-15/h6,8-9,12-14,17,22H,3-5,7,10-11H2,1-2H3,(H2,21,23)/t13-,14+,17?. The summed E-state index contributed by atoms with van der Waals surface area (Å²) in [6, 6.07) is 7.38. The number of allylic oxidation sites excluding steroid dienone is 2. The zero-order valence-corrected chi connectivity index (χ0v) is 14.3. The summed E-state index contributed by atoms with van der Waals surface area (Å²) < 4.78 is 0. The molecule has 3 N–H and O–H groups in total. The van der Waals surface area contributed by atoms with Crippen molar-refractivity contribution in [3.05, 3.63) is 41.0 Å². The molecule has 0 saturated carbocycles. The van der Waals surface area contributed by atoms with Crippen molar-refractivity contribution in [2.75, 3.05) is 0 Å². The molecule has 0 radical (unpaired) electrons. The number of piperidine rings is 1. The Morgan fingerprint density at radius 3 is 2.52 bits per heavy atom. The van der Waals surface area contributed by atoms with Gasteiger partial charge in [0.2, 0.25) is 5.91 Å². The highest BCUT2D eigenvalue weighted by atomic mass is 16.1. The molecule has 3 heteroatoms. The largest absolute Gasteiger partial charge is 0.366 e. The molecule has 1 heterocycles. The average Bonchev–Trinajstić information content (AvgIpc) is 2.54. The maximum Gasteiger partial charge on any atom is 0.249 e. The molecular formula is C20H28N2O. The number of amides is 1. The highest BCUT2D eigenvalue weighted by Crippen LogP contribution is 2.35. The van der Waals surface area contributed by atoms with Gasteiger partial charge in [0, 0.05) is 17.6 Å². The van der Waals surface area contributed by atoms with Gasteiger partial charge in [0.05, 0.1) is 0 Å². The Labute approximate surface area is 139 Å². The van der Waals surface area contributed by atoms with Crippen molar-refractivity contribution >= 4 is 11.5 Å². The van der Waals surface area contributed by atoms with Crippen LogP contribution < -0.4 is 11.1 Å². The molecule has 0 spiro atoms. The topological polar surface area (TPSA) is 55.1 Å². The van der Waals surface area contributed by atoms with E-state index in [0.717, 1.165) is 31.2 Å². The number of rotatable bonds is 3. The Hall–Kier alpha value is -1.61. The lowest BCUT2D eigenvalue weighted by Crippen LogP contribution is -2.41. The monoisotopic (exact) mass is 312 g/mol. The summed E-state index contributed by atoms with van der Waals surface area (Å²) in [4.78, 5) is 11.8. The maximum absolute atomic E-state index is 11.8. The van der Waals surface area contributed by atoms with Crippen LogP contribution in [0.5, 0.6) is 0 Å². The van der Waals surface area contributed by atoms with E-state index >= 15 is 0 Å². The molecule has 1 saturated heterocycles. The highest BCUT2D eigenvalue weighted by Gasteiger charge is 2.25. The first-order valence-corrected chi connectivity index (χ1v) is 8.94. The van der Waals surface area contributed by atoms with Crippen molar-refractivity contribution in [3.8, 4) is 0 Å². The van der Waals surface area contributed by atoms with Crippen LogP contribution in [0.4, 0.5) is 0 Å². The van der Waals surface area contributed by atoms with E-state index in [1.165, 1.54) is 24.0 Å². The molecule has 3 rings (SSSR count). The summed E-state index contributed by atoms with van der Waals surface area (Å²) in [5.41, 5.74) is 10.0. The second-order valence-electron chi connectivity index (χ2n) is 7.28. The summed E-state index contributed by atoms with van der Waals surface area (Å²) in [6.07, 6.45) is 9.22. The summed E-state index contributed by atoms with van der Waals surface area (Å²) in [5.74, 6) is 0.246. The molecule has 3 atom stereocenters. The van der Waals surface area contributed by atoms with Gasteiger partial charge in [0.15, 0.2) is 0 Å². The van der Waals surface area contributed by atoms with Gasteiger partial charge in [-0.1, -0.05) is 18.2 Å². The van der Waals surface area contributed by atoms with E-state index in [-0.39, 0.29) is 5.91 Å². The number of carbonyl (C=O) groups excluding carboxylic acids is 1. The van der Waals surface area contributed by atoms with Gasteiger partial charge < -0.3 is 11.1 Å². The van der Waals surface area contributed by atoms with E-state index < -0.39 is 0 Å². The summed E-state index contributed by atoms with van der Waals surface area (Å²) in [5, 5.41) is 3.60. The molecule has 1 amide bonds. The van der Waals surface area contributed by atoms with Crippen LogP contribution in [0.1, 0.15) is 79.8 Å². The second-order valence-corrected chi connectivity index (χ2v) is 7.28. The third kappa shape index (κ3) is 3.66. The quantitative estimate of drug-likeness (QED) is 0.886. The summed E-state index contributed by atoms with van der Waals surface area (Å²) in [6.45, 7) is 4.51. The minimum Gasteiger partial charge on any atom is -0.366 e. The molecule has 1 aliphatic carbocycles. The Balaban J connectivity index is 1.96. The van der Waals surface area contributed by atoms with E-state index in [1.54, 1.807) is 0 Å². The molecule has 124 valence electrons. The van der Waals surface area contributed by atoms with Crippen molar-refractivity contribution < 1.29 is 4.79 Å². The Morgan fingerprint density at radius 1 is 1.17 bits per heavy atom. The molecule has 0 aromatic heterocycles. The average molecular weight is 312 g/mol. The third-order valence-corrected chi connectivity index (χ3v) is 5.26. The lowest BCUT2D eigenvalue weighted by atomic mass is 9.81. The van der Waals surface area contributed by atoms with E-state index in [1.807, 2.05) is 6.07 Å². The van der Waals surface area contributed by atoms with E-state index in [9.17, 15) is 4.79 Å². The number of nitrogens with one attached hydrogen (secondary N) is 1. The second kappa shape index (κ2) is 6.88. The van der Waals surface area contributed by atoms with Gasteiger partial charge in [-0.15, -0.1) is 0 Å². The highest BCUT2D eigenvalue weighted by molar-refractivity contribution is 5.98. The summed E-state index contributed by atoms with van der Waals surface area (Å²) >= 11 is 0. The van der Waals surface area contributed by atoms with Crippen molar-refractivity contribution in [2.45, 2.75) is 70.4 Å².